The SMILES string of the molecule is Fc1ccc(CSc2nnc(-c3ccccc3F)n2-c2ccccc2)c(F)c1. The van der Waals surface area contributed by atoms with Crippen molar-refractivity contribution in [2.75, 3.05) is 0 Å². The maximum absolute atomic E-state index is 14.3. The van der Waals surface area contributed by atoms with Crippen molar-refractivity contribution < 1.29 is 13.2 Å². The molecule has 3 aromatic carbocycles. The summed E-state index contributed by atoms with van der Waals surface area (Å²) in [4.78, 5) is 0. The molecule has 140 valence electrons. The molecule has 7 heteroatoms. The van der Waals surface area contributed by atoms with Gasteiger partial charge in [0.1, 0.15) is 17.5 Å². The molecule has 0 saturated heterocycles. The minimum atomic E-state index is -0.624. The number of hydrogen-bond acceptors (Lipinski definition) is 3. The van der Waals surface area contributed by atoms with Crippen molar-refractivity contribution in [2.45, 2.75) is 10.9 Å². The van der Waals surface area contributed by atoms with Gasteiger partial charge in [0.05, 0.1) is 5.56 Å². The quantitative estimate of drug-likeness (QED) is 0.408. The lowest BCUT2D eigenvalue weighted by molar-refractivity contribution is 0.576. The summed E-state index contributed by atoms with van der Waals surface area (Å²) in [5.41, 5.74) is 1.42. The summed E-state index contributed by atoms with van der Waals surface area (Å²) < 4.78 is 43.1. The molecule has 1 aromatic heterocycles. The summed E-state index contributed by atoms with van der Waals surface area (Å²) in [6, 6.07) is 19.1. The molecule has 0 saturated carbocycles. The topological polar surface area (TPSA) is 30.7 Å². The van der Waals surface area contributed by atoms with E-state index in [1.54, 1.807) is 22.8 Å². The molecule has 0 radical (unpaired) electrons. The van der Waals surface area contributed by atoms with Crippen LogP contribution < -0.4 is 0 Å². The zero-order chi connectivity index (χ0) is 19.5. The van der Waals surface area contributed by atoms with Gasteiger partial charge >= 0.3 is 0 Å². The number of rotatable bonds is 5. The van der Waals surface area contributed by atoms with Crippen molar-refractivity contribution in [1.82, 2.24) is 14.8 Å². The maximum atomic E-state index is 14.3. The van der Waals surface area contributed by atoms with E-state index in [4.69, 9.17) is 0 Å². The summed E-state index contributed by atoms with van der Waals surface area (Å²) in [6.07, 6.45) is 0. The number of halogens is 3. The van der Waals surface area contributed by atoms with E-state index < -0.39 is 17.5 Å². The molecule has 0 aliphatic heterocycles. The fourth-order valence-corrected chi connectivity index (χ4v) is 3.71. The molecule has 0 amide bonds. The van der Waals surface area contributed by atoms with Crippen LogP contribution in [0.1, 0.15) is 5.56 Å². The molecule has 4 aromatic rings. The third-order valence-electron chi connectivity index (χ3n) is 4.13. The normalized spacial score (nSPS) is 11.0. The first-order chi connectivity index (χ1) is 13.6. The lowest BCUT2D eigenvalue weighted by atomic mass is 10.2. The van der Waals surface area contributed by atoms with Gasteiger partial charge in [0.2, 0.25) is 0 Å². The first-order valence-corrected chi connectivity index (χ1v) is 9.44. The van der Waals surface area contributed by atoms with Crippen LogP contribution in [-0.2, 0) is 5.75 Å². The third kappa shape index (κ3) is 3.66. The van der Waals surface area contributed by atoms with Crippen LogP contribution in [0.3, 0.4) is 0 Å². The van der Waals surface area contributed by atoms with Crippen molar-refractivity contribution in [1.29, 1.82) is 0 Å². The minimum Gasteiger partial charge on any atom is -0.270 e. The van der Waals surface area contributed by atoms with E-state index >= 15 is 0 Å². The van der Waals surface area contributed by atoms with E-state index in [2.05, 4.69) is 10.2 Å². The zero-order valence-electron chi connectivity index (χ0n) is 14.5. The van der Waals surface area contributed by atoms with Gasteiger partial charge in [0.15, 0.2) is 11.0 Å². The number of nitrogens with zero attached hydrogens (tertiary/aromatic N) is 3. The zero-order valence-corrected chi connectivity index (χ0v) is 15.3. The van der Waals surface area contributed by atoms with Crippen molar-refractivity contribution in [3.8, 4) is 17.1 Å². The molecule has 0 aliphatic rings. The molecule has 0 fully saturated rings. The Bertz CT molecular complexity index is 1110. The monoisotopic (exact) mass is 397 g/mol. The van der Waals surface area contributed by atoms with Crippen LogP contribution >= 0.6 is 11.8 Å². The van der Waals surface area contributed by atoms with Gasteiger partial charge in [-0.25, -0.2) is 13.2 Å². The molecular formula is C21H14F3N3S. The van der Waals surface area contributed by atoms with Gasteiger partial charge < -0.3 is 0 Å². The molecule has 4 rings (SSSR count). The van der Waals surface area contributed by atoms with E-state index in [0.717, 1.165) is 11.8 Å². The second-order valence-corrected chi connectivity index (χ2v) is 6.92. The van der Waals surface area contributed by atoms with Gasteiger partial charge in [-0.05, 0) is 35.9 Å². The number of thioether (sulfide) groups is 1. The number of hydrogen-bond donors (Lipinski definition) is 0. The third-order valence-corrected chi connectivity index (χ3v) is 5.11. The molecule has 0 bridgehead atoms. The Kier molecular flexibility index (Phi) is 5.16. The van der Waals surface area contributed by atoms with Gasteiger partial charge in [-0.2, -0.15) is 0 Å². The Morgan fingerprint density at radius 1 is 0.786 bits per heavy atom. The standard InChI is InChI=1S/C21H14F3N3S/c22-15-11-10-14(19(24)12-15)13-28-21-26-25-20(17-8-4-5-9-18(17)23)27(21)16-6-2-1-3-7-16/h1-12H,13H2. The second-order valence-electron chi connectivity index (χ2n) is 5.98. The first-order valence-electron chi connectivity index (χ1n) is 8.46. The second kappa shape index (κ2) is 7.90. The smallest absolute Gasteiger partial charge is 0.196 e. The molecule has 0 unspecified atom stereocenters. The van der Waals surface area contributed by atoms with Crippen LogP contribution in [0.25, 0.3) is 17.1 Å². The molecule has 28 heavy (non-hydrogen) atoms. The van der Waals surface area contributed by atoms with Crippen LogP contribution in [0.2, 0.25) is 0 Å². The van der Waals surface area contributed by atoms with Gasteiger partial charge in [-0.15, -0.1) is 10.2 Å². The highest BCUT2D eigenvalue weighted by atomic mass is 32.2. The first kappa shape index (κ1) is 18.3. The van der Waals surface area contributed by atoms with Crippen LogP contribution in [0.15, 0.2) is 78.0 Å². The maximum Gasteiger partial charge on any atom is 0.196 e. The predicted molar refractivity (Wildman–Crippen MR) is 103 cm³/mol. The summed E-state index contributed by atoms with van der Waals surface area (Å²) >= 11 is 1.24. The van der Waals surface area contributed by atoms with Crippen LogP contribution in [0, 0.1) is 17.5 Å². The highest BCUT2D eigenvalue weighted by Gasteiger charge is 2.19. The largest absolute Gasteiger partial charge is 0.270 e. The molecule has 0 aliphatic carbocycles. The van der Waals surface area contributed by atoms with Gasteiger partial charge in [0.25, 0.3) is 0 Å². The average Bonchev–Trinajstić information content (AvgIpc) is 3.12. The molecule has 0 atom stereocenters. The van der Waals surface area contributed by atoms with Crippen molar-refractivity contribution in [3.05, 3.63) is 95.8 Å². The van der Waals surface area contributed by atoms with Crippen molar-refractivity contribution >= 4 is 11.8 Å². The molecule has 1 heterocycles. The van der Waals surface area contributed by atoms with E-state index in [9.17, 15) is 13.2 Å². The van der Waals surface area contributed by atoms with Crippen LogP contribution in [-0.4, -0.2) is 14.8 Å². The minimum absolute atomic E-state index is 0.231. The van der Waals surface area contributed by atoms with Gasteiger partial charge in [-0.1, -0.05) is 48.2 Å². The van der Waals surface area contributed by atoms with E-state index in [0.29, 0.717) is 22.1 Å². The fraction of sp³-hybridized carbons (Fsp3) is 0.0476. The molecular weight excluding hydrogens is 383 g/mol. The Morgan fingerprint density at radius 2 is 1.54 bits per heavy atom. The van der Waals surface area contributed by atoms with Crippen molar-refractivity contribution in [3.63, 3.8) is 0 Å². The summed E-state index contributed by atoms with van der Waals surface area (Å²) in [6.45, 7) is 0. The van der Waals surface area contributed by atoms with Crippen molar-refractivity contribution in [2.24, 2.45) is 0 Å². The number of aromatic nitrogens is 3. The van der Waals surface area contributed by atoms with E-state index in [1.165, 1.54) is 30.0 Å². The number of benzene rings is 3. The Balaban J connectivity index is 1.74. The lowest BCUT2D eigenvalue weighted by Crippen LogP contribution is -2.01. The Morgan fingerprint density at radius 3 is 2.29 bits per heavy atom. The van der Waals surface area contributed by atoms with Crippen LogP contribution in [0.4, 0.5) is 13.2 Å². The molecule has 3 nitrogen and oxygen atoms in total. The van der Waals surface area contributed by atoms with Gasteiger partial charge in [-0.3, -0.25) is 4.57 Å². The van der Waals surface area contributed by atoms with Crippen LogP contribution in [0.5, 0.6) is 0 Å². The summed E-state index contributed by atoms with van der Waals surface area (Å²) in [5.74, 6) is -1.07. The summed E-state index contributed by atoms with van der Waals surface area (Å²) in [7, 11) is 0. The molecule has 0 N–H and O–H groups in total. The number of para-hydroxylation sites is 1. The average molecular weight is 397 g/mol. The highest BCUT2D eigenvalue weighted by Crippen LogP contribution is 2.31. The summed E-state index contributed by atoms with van der Waals surface area (Å²) in [5, 5.41) is 8.84. The van der Waals surface area contributed by atoms with E-state index in [-0.39, 0.29) is 5.75 Å². The predicted octanol–water partition coefficient (Wildman–Crippen LogP) is 5.64. The highest BCUT2D eigenvalue weighted by molar-refractivity contribution is 7.98. The molecule has 0 spiro atoms. The Hall–Kier alpha value is -3.06. The fourth-order valence-electron chi connectivity index (χ4n) is 2.77. The van der Waals surface area contributed by atoms with E-state index in [1.807, 2.05) is 30.3 Å². The van der Waals surface area contributed by atoms with Gasteiger partial charge in [0, 0.05) is 17.5 Å². The lowest BCUT2D eigenvalue weighted by Gasteiger charge is -2.11. The Labute approximate surface area is 163 Å².